The van der Waals surface area contributed by atoms with Crippen molar-refractivity contribution in [1.82, 2.24) is 10.5 Å². The molecule has 1 aliphatic rings. The molecule has 1 aromatic heterocycles. The van der Waals surface area contributed by atoms with E-state index < -0.39 is 9.84 Å². The molecule has 0 atom stereocenters. The molecule has 0 aliphatic heterocycles. The van der Waals surface area contributed by atoms with Gasteiger partial charge in [-0.2, -0.15) is 0 Å². The predicted octanol–water partition coefficient (Wildman–Crippen LogP) is 2.92. The molecule has 6 heteroatoms. The zero-order valence-corrected chi connectivity index (χ0v) is 13.9. The van der Waals surface area contributed by atoms with E-state index in [4.69, 9.17) is 4.52 Å². The third kappa shape index (κ3) is 2.72. The van der Waals surface area contributed by atoms with Crippen molar-refractivity contribution in [3.63, 3.8) is 0 Å². The summed E-state index contributed by atoms with van der Waals surface area (Å²) in [6, 6.07) is 16.6. The highest BCUT2D eigenvalue weighted by molar-refractivity contribution is 7.92. The molecule has 0 radical (unpaired) electrons. The highest BCUT2D eigenvalue weighted by Crippen LogP contribution is 2.32. The Hall–Kier alpha value is -2.18. The highest BCUT2D eigenvalue weighted by Gasteiger charge is 2.39. The first-order valence-electron chi connectivity index (χ1n) is 8.00. The number of benzene rings is 2. The lowest BCUT2D eigenvalue weighted by Gasteiger charge is -2.35. The molecule has 0 saturated heterocycles. The van der Waals surface area contributed by atoms with Gasteiger partial charge in [0.25, 0.3) is 0 Å². The molecule has 1 heterocycles. The maximum atomic E-state index is 12.5. The number of para-hydroxylation sites is 1. The Bertz CT molecular complexity index is 945. The molecule has 124 valence electrons. The van der Waals surface area contributed by atoms with Crippen LogP contribution in [0.3, 0.4) is 0 Å². The summed E-state index contributed by atoms with van der Waals surface area (Å²) in [6.45, 7) is 0.583. The second-order valence-electron chi connectivity index (χ2n) is 6.15. The SMILES string of the molecule is O=S(=O)(c1ccccc1)C1CC(NCc2noc3ccccc23)C1. The molecular formula is C18H18N2O3S. The van der Waals surface area contributed by atoms with Gasteiger partial charge in [0.05, 0.1) is 10.1 Å². The summed E-state index contributed by atoms with van der Waals surface area (Å²) in [5.41, 5.74) is 1.63. The third-order valence-corrected chi connectivity index (χ3v) is 6.81. The Labute approximate surface area is 140 Å². The summed E-state index contributed by atoms with van der Waals surface area (Å²) in [7, 11) is -3.22. The molecule has 1 N–H and O–H groups in total. The van der Waals surface area contributed by atoms with E-state index in [1.54, 1.807) is 24.3 Å². The molecular weight excluding hydrogens is 324 g/mol. The lowest BCUT2D eigenvalue weighted by atomic mass is 9.92. The van der Waals surface area contributed by atoms with Gasteiger partial charge in [0.2, 0.25) is 0 Å². The second kappa shape index (κ2) is 6.03. The van der Waals surface area contributed by atoms with Crippen LogP contribution in [0.4, 0.5) is 0 Å². The minimum atomic E-state index is -3.22. The monoisotopic (exact) mass is 342 g/mol. The van der Waals surface area contributed by atoms with E-state index in [1.807, 2.05) is 30.3 Å². The number of aromatic nitrogens is 1. The molecule has 24 heavy (non-hydrogen) atoms. The van der Waals surface area contributed by atoms with E-state index in [2.05, 4.69) is 10.5 Å². The fourth-order valence-electron chi connectivity index (χ4n) is 3.09. The second-order valence-corrected chi connectivity index (χ2v) is 8.38. The third-order valence-electron chi connectivity index (χ3n) is 4.62. The average Bonchev–Trinajstić information content (AvgIpc) is 2.97. The Morgan fingerprint density at radius 1 is 1.04 bits per heavy atom. The van der Waals surface area contributed by atoms with Crippen molar-refractivity contribution < 1.29 is 12.9 Å². The number of nitrogens with one attached hydrogen (secondary N) is 1. The molecule has 0 spiro atoms. The molecule has 0 bridgehead atoms. The number of sulfone groups is 1. The minimum absolute atomic E-state index is 0.198. The quantitative estimate of drug-likeness (QED) is 0.772. The summed E-state index contributed by atoms with van der Waals surface area (Å²) in [5, 5.41) is 8.16. The van der Waals surface area contributed by atoms with E-state index in [1.165, 1.54) is 0 Å². The Morgan fingerprint density at radius 3 is 2.54 bits per heavy atom. The maximum Gasteiger partial charge on any atom is 0.181 e. The summed E-state index contributed by atoms with van der Waals surface area (Å²) < 4.78 is 30.3. The van der Waals surface area contributed by atoms with E-state index >= 15 is 0 Å². The van der Waals surface area contributed by atoms with Gasteiger partial charge in [-0.25, -0.2) is 8.42 Å². The molecule has 0 unspecified atom stereocenters. The van der Waals surface area contributed by atoms with Gasteiger partial charge in [0, 0.05) is 18.0 Å². The summed E-state index contributed by atoms with van der Waals surface area (Å²) in [5.74, 6) is 0. The first-order valence-corrected chi connectivity index (χ1v) is 9.55. The highest BCUT2D eigenvalue weighted by atomic mass is 32.2. The first-order chi connectivity index (χ1) is 11.6. The van der Waals surface area contributed by atoms with Crippen LogP contribution < -0.4 is 5.32 Å². The van der Waals surface area contributed by atoms with Crippen molar-refractivity contribution in [3.05, 3.63) is 60.3 Å². The average molecular weight is 342 g/mol. The fourth-order valence-corrected chi connectivity index (χ4v) is 4.99. The number of rotatable bonds is 5. The number of nitrogens with zero attached hydrogens (tertiary/aromatic N) is 1. The Morgan fingerprint density at radius 2 is 1.75 bits per heavy atom. The lowest BCUT2D eigenvalue weighted by Crippen LogP contribution is -2.47. The summed E-state index contributed by atoms with van der Waals surface area (Å²) >= 11 is 0. The van der Waals surface area contributed by atoms with Crippen LogP contribution in [-0.4, -0.2) is 24.9 Å². The first kappa shape index (κ1) is 15.4. The van der Waals surface area contributed by atoms with Crippen molar-refractivity contribution in [2.45, 2.75) is 35.6 Å². The van der Waals surface area contributed by atoms with E-state index in [-0.39, 0.29) is 11.3 Å². The van der Waals surface area contributed by atoms with Gasteiger partial charge in [-0.15, -0.1) is 0 Å². The van der Waals surface area contributed by atoms with Gasteiger partial charge in [-0.05, 0) is 37.1 Å². The molecule has 5 nitrogen and oxygen atoms in total. The number of fused-ring (bicyclic) bond motifs is 1. The fraction of sp³-hybridized carbons (Fsp3) is 0.278. The van der Waals surface area contributed by atoms with Crippen LogP contribution >= 0.6 is 0 Å². The van der Waals surface area contributed by atoms with Gasteiger partial charge < -0.3 is 9.84 Å². The lowest BCUT2D eigenvalue weighted by molar-refractivity contribution is 0.332. The molecule has 3 aromatic rings. The Kier molecular flexibility index (Phi) is 3.86. The van der Waals surface area contributed by atoms with Crippen molar-refractivity contribution in [2.75, 3.05) is 0 Å². The summed E-state index contributed by atoms with van der Waals surface area (Å²) in [6.07, 6.45) is 1.26. The van der Waals surface area contributed by atoms with Gasteiger partial charge >= 0.3 is 0 Å². The summed E-state index contributed by atoms with van der Waals surface area (Å²) in [4.78, 5) is 0.413. The van der Waals surface area contributed by atoms with Crippen molar-refractivity contribution >= 4 is 20.8 Å². The van der Waals surface area contributed by atoms with Gasteiger partial charge in [-0.3, -0.25) is 0 Å². The van der Waals surface area contributed by atoms with Crippen LogP contribution in [-0.2, 0) is 16.4 Å². The van der Waals surface area contributed by atoms with Crippen LogP contribution in [0.2, 0.25) is 0 Å². The van der Waals surface area contributed by atoms with Crippen LogP contribution in [0.1, 0.15) is 18.5 Å². The number of hydrogen-bond donors (Lipinski definition) is 1. The smallest absolute Gasteiger partial charge is 0.181 e. The topological polar surface area (TPSA) is 72.2 Å². The minimum Gasteiger partial charge on any atom is -0.356 e. The predicted molar refractivity (Wildman–Crippen MR) is 91.3 cm³/mol. The van der Waals surface area contributed by atoms with Crippen LogP contribution in [0, 0.1) is 0 Å². The van der Waals surface area contributed by atoms with Gasteiger partial charge in [0.15, 0.2) is 15.4 Å². The maximum absolute atomic E-state index is 12.5. The molecule has 4 rings (SSSR count). The van der Waals surface area contributed by atoms with Gasteiger partial charge in [0.1, 0.15) is 5.69 Å². The standard InChI is InChI=1S/C18H18N2O3S/c21-24(22,14-6-2-1-3-7-14)15-10-13(11-15)19-12-17-16-8-4-5-9-18(16)23-20-17/h1-9,13,15,19H,10-12H2. The molecule has 2 aromatic carbocycles. The van der Waals surface area contributed by atoms with Crippen molar-refractivity contribution in [3.8, 4) is 0 Å². The van der Waals surface area contributed by atoms with Gasteiger partial charge in [-0.1, -0.05) is 35.5 Å². The zero-order valence-electron chi connectivity index (χ0n) is 13.1. The number of hydrogen-bond acceptors (Lipinski definition) is 5. The van der Waals surface area contributed by atoms with Crippen molar-refractivity contribution in [2.24, 2.45) is 0 Å². The van der Waals surface area contributed by atoms with Crippen LogP contribution in [0.15, 0.2) is 64.0 Å². The molecule has 1 aliphatic carbocycles. The molecule has 0 amide bonds. The van der Waals surface area contributed by atoms with Crippen LogP contribution in [0.5, 0.6) is 0 Å². The largest absolute Gasteiger partial charge is 0.356 e. The Balaban J connectivity index is 1.37. The normalized spacial score (nSPS) is 20.8. The molecule has 1 fully saturated rings. The van der Waals surface area contributed by atoms with Crippen molar-refractivity contribution in [1.29, 1.82) is 0 Å². The van der Waals surface area contributed by atoms with E-state index in [0.29, 0.717) is 24.3 Å². The zero-order chi connectivity index (χ0) is 16.6. The molecule has 1 saturated carbocycles. The van der Waals surface area contributed by atoms with E-state index in [9.17, 15) is 8.42 Å². The van der Waals surface area contributed by atoms with E-state index in [0.717, 1.165) is 16.7 Å². The van der Waals surface area contributed by atoms with Crippen LogP contribution in [0.25, 0.3) is 11.0 Å².